The van der Waals surface area contributed by atoms with Crippen LogP contribution in [0.3, 0.4) is 0 Å². The van der Waals surface area contributed by atoms with Crippen LogP contribution >= 0.6 is 0 Å². The maximum atomic E-state index is 11.9. The van der Waals surface area contributed by atoms with Crippen LogP contribution in [0, 0.1) is 0 Å². The van der Waals surface area contributed by atoms with Crippen LogP contribution < -0.4 is 10.8 Å². The third kappa shape index (κ3) is 3.07. The Hall–Kier alpha value is -1.43. The molecule has 0 aromatic heterocycles. The molecule has 1 amide bonds. The Kier molecular flexibility index (Phi) is 4.30. The van der Waals surface area contributed by atoms with E-state index < -0.39 is 0 Å². The summed E-state index contributed by atoms with van der Waals surface area (Å²) >= 11 is 0. The monoisotopic (exact) mass is 249 g/mol. The Morgan fingerprint density at radius 2 is 2.00 bits per heavy atom. The summed E-state index contributed by atoms with van der Waals surface area (Å²) in [4.78, 5) is 20.3. The van der Waals surface area contributed by atoms with Gasteiger partial charge in [0, 0.05) is 18.8 Å². The molecule has 0 radical (unpaired) electrons. The van der Waals surface area contributed by atoms with E-state index in [1.807, 2.05) is 41.1 Å². The molecule has 1 aliphatic rings. The molecule has 18 heavy (non-hydrogen) atoms. The molecule has 1 aromatic rings. The summed E-state index contributed by atoms with van der Waals surface area (Å²) in [6.45, 7) is 2.66. The minimum Gasteiger partial charge on any atom is -0.310 e. The Labute approximate surface area is 107 Å². The van der Waals surface area contributed by atoms with Gasteiger partial charge in [-0.1, -0.05) is 12.1 Å². The van der Waals surface area contributed by atoms with Crippen molar-refractivity contribution in [3.8, 4) is 0 Å². The number of nitrogens with two attached hydrogens (primary N) is 1. The fraction of sp³-hybridized carbons (Fsp3) is 0.462. The van der Waals surface area contributed by atoms with Crippen molar-refractivity contribution in [2.45, 2.75) is 6.42 Å². The van der Waals surface area contributed by atoms with Gasteiger partial charge in [-0.3, -0.25) is 9.69 Å². The van der Waals surface area contributed by atoms with Gasteiger partial charge in [0.15, 0.2) is 0 Å². The molecule has 2 N–H and O–H groups in total. The minimum absolute atomic E-state index is 0.154. The Bertz CT molecular complexity index is 405. The second kappa shape index (κ2) is 5.95. The number of carbonyl (C=O) groups excluding carboxylic acids is 1. The van der Waals surface area contributed by atoms with Gasteiger partial charge < -0.3 is 9.74 Å². The first-order valence-corrected chi connectivity index (χ1v) is 6.10. The van der Waals surface area contributed by atoms with Gasteiger partial charge in [-0.05, 0) is 31.2 Å². The average Bonchev–Trinajstić information content (AvgIpc) is 2.37. The lowest BCUT2D eigenvalue weighted by atomic mass is 10.1. The zero-order valence-corrected chi connectivity index (χ0v) is 10.6. The standard InChI is InChI=1S/C13H19N3O2/c1-15-7-8-16(13(17)10-15)12-4-2-11(3-5-12)6-9-18-14/h2-5H,6-10,14H2,1H3. The maximum absolute atomic E-state index is 11.9. The topological polar surface area (TPSA) is 58.8 Å². The number of hydrogen-bond acceptors (Lipinski definition) is 4. The minimum atomic E-state index is 0.154. The SMILES string of the molecule is CN1CCN(c2ccc(CCON)cc2)C(=O)C1. The Morgan fingerprint density at radius 1 is 1.28 bits per heavy atom. The highest BCUT2D eigenvalue weighted by Gasteiger charge is 2.22. The van der Waals surface area contributed by atoms with E-state index in [1.165, 1.54) is 0 Å². The molecular formula is C13H19N3O2. The zero-order valence-electron chi connectivity index (χ0n) is 10.6. The molecule has 98 valence electrons. The second-order valence-electron chi connectivity index (χ2n) is 4.57. The van der Waals surface area contributed by atoms with E-state index in [4.69, 9.17) is 5.90 Å². The molecule has 1 saturated heterocycles. The molecule has 5 heteroatoms. The van der Waals surface area contributed by atoms with Crippen molar-refractivity contribution in [1.29, 1.82) is 0 Å². The average molecular weight is 249 g/mol. The molecule has 0 unspecified atom stereocenters. The van der Waals surface area contributed by atoms with Crippen molar-refractivity contribution in [2.24, 2.45) is 5.90 Å². The fourth-order valence-corrected chi connectivity index (χ4v) is 2.08. The number of piperazine rings is 1. The third-order valence-corrected chi connectivity index (χ3v) is 3.17. The van der Waals surface area contributed by atoms with E-state index in [0.717, 1.165) is 30.8 Å². The van der Waals surface area contributed by atoms with Crippen molar-refractivity contribution in [1.82, 2.24) is 4.90 Å². The Balaban J connectivity index is 2.02. The van der Waals surface area contributed by atoms with Crippen LogP contribution in [0.5, 0.6) is 0 Å². The van der Waals surface area contributed by atoms with E-state index in [2.05, 4.69) is 4.84 Å². The maximum Gasteiger partial charge on any atom is 0.241 e. The number of benzene rings is 1. The number of carbonyl (C=O) groups is 1. The molecule has 5 nitrogen and oxygen atoms in total. The van der Waals surface area contributed by atoms with Crippen LogP contribution in [0.2, 0.25) is 0 Å². The van der Waals surface area contributed by atoms with Gasteiger partial charge in [-0.15, -0.1) is 0 Å². The fourth-order valence-electron chi connectivity index (χ4n) is 2.08. The van der Waals surface area contributed by atoms with Gasteiger partial charge >= 0.3 is 0 Å². The van der Waals surface area contributed by atoms with Gasteiger partial charge in [0.25, 0.3) is 0 Å². The largest absolute Gasteiger partial charge is 0.310 e. The molecule has 0 aliphatic carbocycles. The molecule has 1 aromatic carbocycles. The van der Waals surface area contributed by atoms with E-state index in [9.17, 15) is 4.79 Å². The van der Waals surface area contributed by atoms with Gasteiger partial charge in [0.2, 0.25) is 5.91 Å². The second-order valence-corrected chi connectivity index (χ2v) is 4.57. The predicted octanol–water partition coefficient (Wildman–Crippen LogP) is 0.398. The number of likely N-dealkylation sites (N-methyl/N-ethyl adjacent to an activating group) is 1. The first-order valence-electron chi connectivity index (χ1n) is 6.10. The number of rotatable bonds is 4. The lowest BCUT2D eigenvalue weighted by Gasteiger charge is -2.32. The normalized spacial score (nSPS) is 17.2. The Morgan fingerprint density at radius 3 is 2.61 bits per heavy atom. The van der Waals surface area contributed by atoms with E-state index >= 15 is 0 Å². The summed E-state index contributed by atoms with van der Waals surface area (Å²) in [7, 11) is 1.96. The van der Waals surface area contributed by atoms with Crippen LogP contribution in [-0.2, 0) is 16.1 Å². The molecule has 0 atom stereocenters. The number of amides is 1. The van der Waals surface area contributed by atoms with Crippen molar-refractivity contribution in [2.75, 3.05) is 38.2 Å². The van der Waals surface area contributed by atoms with E-state index in [0.29, 0.717) is 13.2 Å². The highest BCUT2D eigenvalue weighted by Crippen LogP contribution is 2.18. The highest BCUT2D eigenvalue weighted by molar-refractivity contribution is 5.95. The molecule has 0 spiro atoms. The number of anilines is 1. The number of nitrogens with zero attached hydrogens (tertiary/aromatic N) is 2. The van der Waals surface area contributed by atoms with Crippen LogP contribution in [0.4, 0.5) is 5.69 Å². The van der Waals surface area contributed by atoms with Crippen molar-refractivity contribution < 1.29 is 9.63 Å². The third-order valence-electron chi connectivity index (χ3n) is 3.17. The van der Waals surface area contributed by atoms with Gasteiger partial charge in [0.1, 0.15) is 0 Å². The smallest absolute Gasteiger partial charge is 0.241 e. The van der Waals surface area contributed by atoms with Gasteiger partial charge in [-0.25, -0.2) is 5.90 Å². The van der Waals surface area contributed by atoms with Crippen molar-refractivity contribution in [3.63, 3.8) is 0 Å². The molecule has 2 rings (SSSR count). The van der Waals surface area contributed by atoms with Crippen LogP contribution in [0.25, 0.3) is 0 Å². The summed E-state index contributed by atoms with van der Waals surface area (Å²) in [5, 5.41) is 0. The van der Waals surface area contributed by atoms with Crippen molar-refractivity contribution >= 4 is 11.6 Å². The molecule has 0 saturated carbocycles. The van der Waals surface area contributed by atoms with Crippen molar-refractivity contribution in [3.05, 3.63) is 29.8 Å². The lowest BCUT2D eigenvalue weighted by molar-refractivity contribution is -0.120. The first-order chi connectivity index (χ1) is 8.70. The lowest BCUT2D eigenvalue weighted by Crippen LogP contribution is -2.48. The summed E-state index contributed by atoms with van der Waals surface area (Å²) < 4.78 is 0. The van der Waals surface area contributed by atoms with Gasteiger partial charge in [0.05, 0.1) is 13.2 Å². The van der Waals surface area contributed by atoms with E-state index in [-0.39, 0.29) is 5.91 Å². The summed E-state index contributed by atoms with van der Waals surface area (Å²) in [6, 6.07) is 7.99. The number of hydrogen-bond donors (Lipinski definition) is 1. The zero-order chi connectivity index (χ0) is 13.0. The van der Waals surface area contributed by atoms with Crippen LogP contribution in [0.15, 0.2) is 24.3 Å². The molecule has 1 aliphatic heterocycles. The molecule has 0 bridgehead atoms. The van der Waals surface area contributed by atoms with Crippen LogP contribution in [0.1, 0.15) is 5.56 Å². The highest BCUT2D eigenvalue weighted by atomic mass is 16.6. The van der Waals surface area contributed by atoms with E-state index in [1.54, 1.807) is 0 Å². The molecule has 1 fully saturated rings. The molecular weight excluding hydrogens is 230 g/mol. The predicted molar refractivity (Wildman–Crippen MR) is 70.1 cm³/mol. The first kappa shape index (κ1) is 13.0. The summed E-state index contributed by atoms with van der Waals surface area (Å²) in [5.74, 6) is 5.15. The quantitative estimate of drug-likeness (QED) is 0.785. The molecule has 1 heterocycles. The summed E-state index contributed by atoms with van der Waals surface area (Å²) in [6.07, 6.45) is 0.785. The summed E-state index contributed by atoms with van der Waals surface area (Å²) in [5.41, 5.74) is 2.12. The van der Waals surface area contributed by atoms with Crippen LogP contribution in [-0.4, -0.2) is 44.1 Å². The van der Waals surface area contributed by atoms with Gasteiger partial charge in [-0.2, -0.15) is 0 Å².